The largest absolute Gasteiger partial charge is 0.399 e. The Morgan fingerprint density at radius 2 is 2.29 bits per heavy atom. The number of hydrogen-bond acceptors (Lipinski definition) is 2. The summed E-state index contributed by atoms with van der Waals surface area (Å²) in [5, 5.41) is 0. The standard InChI is InChI=1S/C10H12FN3/c11-4-1-5-14-7-13-9-6-8(12)2-3-10(9)14/h2-3,6-7H,1,4-5,12H2. The molecule has 0 aliphatic heterocycles. The molecule has 3 nitrogen and oxygen atoms in total. The van der Waals surface area contributed by atoms with E-state index < -0.39 is 0 Å². The molecule has 0 saturated carbocycles. The minimum atomic E-state index is -0.297. The number of imidazole rings is 1. The first-order valence-corrected chi connectivity index (χ1v) is 4.57. The maximum absolute atomic E-state index is 12.0. The van der Waals surface area contributed by atoms with Crippen LogP contribution in [0.4, 0.5) is 10.1 Å². The molecule has 2 aromatic rings. The summed E-state index contributed by atoms with van der Waals surface area (Å²) in [4.78, 5) is 4.19. The molecule has 74 valence electrons. The lowest BCUT2D eigenvalue weighted by Crippen LogP contribution is -1.96. The Labute approximate surface area is 81.4 Å². The number of benzene rings is 1. The minimum Gasteiger partial charge on any atom is -0.399 e. The molecular formula is C10H12FN3. The molecule has 1 heterocycles. The van der Waals surface area contributed by atoms with Crippen molar-refractivity contribution in [3.05, 3.63) is 24.5 Å². The van der Waals surface area contributed by atoms with Gasteiger partial charge in [-0.05, 0) is 24.6 Å². The highest BCUT2D eigenvalue weighted by Crippen LogP contribution is 2.16. The van der Waals surface area contributed by atoms with E-state index in [1.54, 1.807) is 6.33 Å². The predicted molar refractivity (Wildman–Crippen MR) is 54.7 cm³/mol. The lowest BCUT2D eigenvalue weighted by Gasteiger charge is -2.01. The van der Waals surface area contributed by atoms with Crippen molar-refractivity contribution in [3.8, 4) is 0 Å². The van der Waals surface area contributed by atoms with Gasteiger partial charge in [-0.3, -0.25) is 4.39 Å². The van der Waals surface area contributed by atoms with Crippen LogP contribution in [0.3, 0.4) is 0 Å². The van der Waals surface area contributed by atoms with Gasteiger partial charge >= 0.3 is 0 Å². The first-order valence-electron chi connectivity index (χ1n) is 4.57. The van der Waals surface area contributed by atoms with E-state index in [1.165, 1.54) is 0 Å². The molecule has 2 rings (SSSR count). The van der Waals surface area contributed by atoms with Crippen LogP contribution >= 0.6 is 0 Å². The summed E-state index contributed by atoms with van der Waals surface area (Å²) in [6.07, 6.45) is 2.25. The van der Waals surface area contributed by atoms with Crippen molar-refractivity contribution in [2.45, 2.75) is 13.0 Å². The fourth-order valence-electron chi connectivity index (χ4n) is 1.49. The third-order valence-corrected chi connectivity index (χ3v) is 2.18. The SMILES string of the molecule is Nc1ccc2c(c1)ncn2CCCF. The van der Waals surface area contributed by atoms with Crippen LogP contribution in [0.5, 0.6) is 0 Å². The van der Waals surface area contributed by atoms with Gasteiger partial charge in [0.05, 0.1) is 24.0 Å². The summed E-state index contributed by atoms with van der Waals surface area (Å²) in [5.74, 6) is 0. The van der Waals surface area contributed by atoms with E-state index >= 15 is 0 Å². The van der Waals surface area contributed by atoms with Crippen LogP contribution in [-0.4, -0.2) is 16.2 Å². The van der Waals surface area contributed by atoms with Crippen molar-refractivity contribution in [2.75, 3.05) is 12.4 Å². The minimum absolute atomic E-state index is 0.297. The molecule has 0 spiro atoms. The summed E-state index contributed by atoms with van der Waals surface area (Å²) >= 11 is 0. The molecule has 0 aliphatic rings. The maximum Gasteiger partial charge on any atom is 0.0958 e. The first-order chi connectivity index (χ1) is 6.81. The summed E-state index contributed by atoms with van der Waals surface area (Å²) < 4.78 is 13.9. The zero-order valence-corrected chi connectivity index (χ0v) is 7.78. The predicted octanol–water partition coefficient (Wildman–Crippen LogP) is 1.98. The van der Waals surface area contributed by atoms with Crippen LogP contribution in [0.1, 0.15) is 6.42 Å². The quantitative estimate of drug-likeness (QED) is 0.757. The van der Waals surface area contributed by atoms with Crippen molar-refractivity contribution >= 4 is 16.7 Å². The van der Waals surface area contributed by atoms with Crippen molar-refractivity contribution in [1.82, 2.24) is 9.55 Å². The molecule has 0 unspecified atom stereocenters. The van der Waals surface area contributed by atoms with E-state index in [1.807, 2.05) is 22.8 Å². The number of nitrogens with zero attached hydrogens (tertiary/aromatic N) is 2. The maximum atomic E-state index is 12.0. The van der Waals surface area contributed by atoms with Crippen LogP contribution < -0.4 is 5.73 Å². The number of alkyl halides is 1. The Kier molecular flexibility index (Phi) is 2.35. The summed E-state index contributed by atoms with van der Waals surface area (Å²) in [6.45, 7) is 0.367. The highest BCUT2D eigenvalue weighted by molar-refractivity contribution is 5.78. The summed E-state index contributed by atoms with van der Waals surface area (Å²) in [7, 11) is 0. The molecular weight excluding hydrogens is 181 g/mol. The van der Waals surface area contributed by atoms with Gasteiger partial charge in [0.15, 0.2) is 0 Å². The van der Waals surface area contributed by atoms with Gasteiger partial charge in [-0.2, -0.15) is 0 Å². The second-order valence-electron chi connectivity index (χ2n) is 3.23. The van der Waals surface area contributed by atoms with E-state index in [9.17, 15) is 4.39 Å². The highest BCUT2D eigenvalue weighted by atomic mass is 19.1. The van der Waals surface area contributed by atoms with Gasteiger partial charge in [-0.25, -0.2) is 4.98 Å². The summed E-state index contributed by atoms with van der Waals surface area (Å²) in [5.41, 5.74) is 8.20. The number of hydrogen-bond donors (Lipinski definition) is 1. The second-order valence-corrected chi connectivity index (χ2v) is 3.23. The molecule has 0 radical (unpaired) electrons. The highest BCUT2D eigenvalue weighted by Gasteiger charge is 2.01. The van der Waals surface area contributed by atoms with Crippen LogP contribution in [0.15, 0.2) is 24.5 Å². The number of aromatic nitrogens is 2. The second kappa shape index (κ2) is 3.65. The Hall–Kier alpha value is -1.58. The van der Waals surface area contributed by atoms with Crippen LogP contribution in [0.2, 0.25) is 0 Å². The van der Waals surface area contributed by atoms with E-state index in [-0.39, 0.29) is 6.67 Å². The van der Waals surface area contributed by atoms with Crippen LogP contribution in [0, 0.1) is 0 Å². The molecule has 0 atom stereocenters. The van der Waals surface area contributed by atoms with Crippen molar-refractivity contribution in [1.29, 1.82) is 0 Å². The molecule has 4 heteroatoms. The van der Waals surface area contributed by atoms with E-state index in [0.29, 0.717) is 18.7 Å². The van der Waals surface area contributed by atoms with E-state index in [0.717, 1.165) is 11.0 Å². The van der Waals surface area contributed by atoms with Crippen LogP contribution in [-0.2, 0) is 6.54 Å². The monoisotopic (exact) mass is 193 g/mol. The van der Waals surface area contributed by atoms with Gasteiger partial charge in [-0.15, -0.1) is 0 Å². The van der Waals surface area contributed by atoms with Gasteiger partial charge in [0.25, 0.3) is 0 Å². The number of fused-ring (bicyclic) bond motifs is 1. The lowest BCUT2D eigenvalue weighted by atomic mass is 10.3. The molecule has 0 fully saturated rings. The zero-order valence-electron chi connectivity index (χ0n) is 7.78. The third kappa shape index (κ3) is 1.55. The fraction of sp³-hybridized carbons (Fsp3) is 0.300. The summed E-state index contributed by atoms with van der Waals surface area (Å²) in [6, 6.07) is 5.56. The third-order valence-electron chi connectivity index (χ3n) is 2.18. The van der Waals surface area contributed by atoms with Gasteiger partial charge < -0.3 is 10.3 Å². The molecule has 1 aromatic carbocycles. The smallest absolute Gasteiger partial charge is 0.0958 e. The Balaban J connectivity index is 2.37. The molecule has 0 saturated heterocycles. The molecule has 0 amide bonds. The molecule has 2 N–H and O–H groups in total. The zero-order chi connectivity index (χ0) is 9.97. The molecule has 0 bridgehead atoms. The number of aryl methyl sites for hydroxylation is 1. The van der Waals surface area contributed by atoms with Crippen molar-refractivity contribution < 1.29 is 4.39 Å². The Bertz CT molecular complexity index is 436. The average molecular weight is 193 g/mol. The van der Waals surface area contributed by atoms with Crippen LogP contribution in [0.25, 0.3) is 11.0 Å². The number of rotatable bonds is 3. The Morgan fingerprint density at radius 3 is 3.07 bits per heavy atom. The van der Waals surface area contributed by atoms with E-state index in [4.69, 9.17) is 5.73 Å². The van der Waals surface area contributed by atoms with Gasteiger partial charge in [0.1, 0.15) is 0 Å². The topological polar surface area (TPSA) is 43.8 Å². The molecule has 14 heavy (non-hydrogen) atoms. The average Bonchev–Trinajstić information content (AvgIpc) is 2.57. The first kappa shape index (κ1) is 8.99. The molecule has 1 aromatic heterocycles. The normalized spacial score (nSPS) is 10.9. The Morgan fingerprint density at radius 1 is 1.43 bits per heavy atom. The number of nitrogen functional groups attached to an aromatic ring is 1. The van der Waals surface area contributed by atoms with Crippen molar-refractivity contribution in [3.63, 3.8) is 0 Å². The molecule has 0 aliphatic carbocycles. The number of halogens is 1. The fourth-order valence-corrected chi connectivity index (χ4v) is 1.49. The number of anilines is 1. The van der Waals surface area contributed by atoms with E-state index in [2.05, 4.69) is 4.98 Å². The van der Waals surface area contributed by atoms with Gasteiger partial charge in [0, 0.05) is 12.2 Å². The van der Waals surface area contributed by atoms with Crippen molar-refractivity contribution in [2.24, 2.45) is 0 Å². The van der Waals surface area contributed by atoms with Gasteiger partial charge in [-0.1, -0.05) is 0 Å². The number of nitrogens with two attached hydrogens (primary N) is 1. The van der Waals surface area contributed by atoms with Gasteiger partial charge in [0.2, 0.25) is 0 Å². The lowest BCUT2D eigenvalue weighted by molar-refractivity contribution is 0.449.